The Morgan fingerprint density at radius 1 is 1.09 bits per heavy atom. The van der Waals surface area contributed by atoms with E-state index in [1.165, 1.54) is 18.5 Å². The summed E-state index contributed by atoms with van der Waals surface area (Å²) < 4.78 is 10.8. The van der Waals surface area contributed by atoms with Crippen molar-refractivity contribution in [2.24, 2.45) is 4.99 Å². The maximum Gasteiger partial charge on any atom is 0.191 e. The maximum absolute atomic E-state index is 5.41. The number of hydrogen-bond acceptors (Lipinski definition) is 5. The maximum atomic E-state index is 5.41. The van der Waals surface area contributed by atoms with Crippen molar-refractivity contribution < 1.29 is 9.47 Å². The molecule has 1 saturated heterocycles. The molecule has 1 aromatic carbocycles. The number of nitrogens with one attached hydrogen (secondary N) is 2. The van der Waals surface area contributed by atoms with E-state index >= 15 is 0 Å². The number of rotatable bonds is 13. The molecular weight excluding hydrogens is 517 g/mol. The van der Waals surface area contributed by atoms with Crippen LogP contribution in [0.15, 0.2) is 23.2 Å². The van der Waals surface area contributed by atoms with Gasteiger partial charge in [-0.25, -0.2) is 0 Å². The molecule has 1 aromatic rings. The van der Waals surface area contributed by atoms with Crippen LogP contribution in [0.5, 0.6) is 11.5 Å². The Hall–Kier alpha value is -1.26. The highest BCUT2D eigenvalue weighted by Gasteiger charge is 2.23. The first-order valence-corrected chi connectivity index (χ1v) is 11.8. The van der Waals surface area contributed by atoms with E-state index in [9.17, 15) is 0 Å². The lowest BCUT2D eigenvalue weighted by Crippen LogP contribution is -2.44. The number of aliphatic imine (C=N–C) groups is 1. The molecule has 32 heavy (non-hydrogen) atoms. The molecule has 0 saturated carbocycles. The van der Waals surface area contributed by atoms with Gasteiger partial charge in [-0.15, -0.1) is 24.0 Å². The molecule has 0 amide bonds. The van der Waals surface area contributed by atoms with Crippen LogP contribution in [0.25, 0.3) is 0 Å². The largest absolute Gasteiger partial charge is 0.497 e. The van der Waals surface area contributed by atoms with Gasteiger partial charge in [0.05, 0.1) is 14.2 Å². The quantitative estimate of drug-likeness (QED) is 0.166. The zero-order valence-corrected chi connectivity index (χ0v) is 23.0. The molecule has 184 valence electrons. The normalized spacial score (nSPS) is 16.7. The first-order chi connectivity index (χ1) is 15.1. The van der Waals surface area contributed by atoms with E-state index in [1.807, 2.05) is 6.07 Å². The highest BCUT2D eigenvalue weighted by atomic mass is 127. The van der Waals surface area contributed by atoms with Gasteiger partial charge >= 0.3 is 0 Å². The van der Waals surface area contributed by atoms with Crippen LogP contribution in [0, 0.1) is 0 Å². The summed E-state index contributed by atoms with van der Waals surface area (Å²) in [5, 5.41) is 7.04. The molecule has 7 nitrogen and oxygen atoms in total. The third-order valence-corrected chi connectivity index (χ3v) is 5.82. The average Bonchev–Trinajstić information content (AvgIpc) is 3.22. The van der Waals surface area contributed by atoms with Crippen molar-refractivity contribution in [3.05, 3.63) is 23.8 Å². The summed E-state index contributed by atoms with van der Waals surface area (Å²) in [7, 11) is 3.39. The summed E-state index contributed by atoms with van der Waals surface area (Å²) in [4.78, 5) is 9.75. The first-order valence-electron chi connectivity index (χ1n) is 11.8. The van der Waals surface area contributed by atoms with Gasteiger partial charge in [-0.1, -0.05) is 13.8 Å². The second-order valence-electron chi connectivity index (χ2n) is 8.08. The van der Waals surface area contributed by atoms with Crippen molar-refractivity contribution in [2.45, 2.75) is 52.6 Å². The van der Waals surface area contributed by atoms with E-state index in [0.717, 1.165) is 76.1 Å². The number of unbranched alkanes of at least 4 members (excludes halogenated alkanes) is 1. The number of halogens is 1. The summed E-state index contributed by atoms with van der Waals surface area (Å²) >= 11 is 0. The van der Waals surface area contributed by atoms with Crippen molar-refractivity contribution in [3.8, 4) is 11.5 Å². The standard InChI is InChI=1S/C24H43N5O2.HI/c1-6-25-24(26-12-9-10-13-28(7-2)8-3)27-21-11-14-29(19-21)18-20-15-22(30-4)17-23(16-20)31-5;/h15-17,21H,6-14,18-19H2,1-5H3,(H2,25,26,27);1H. The fourth-order valence-electron chi connectivity index (χ4n) is 4.00. The molecule has 0 spiro atoms. The molecule has 0 aromatic heterocycles. The highest BCUT2D eigenvalue weighted by molar-refractivity contribution is 14.0. The van der Waals surface area contributed by atoms with Crippen molar-refractivity contribution >= 4 is 29.9 Å². The van der Waals surface area contributed by atoms with Crippen molar-refractivity contribution in [3.63, 3.8) is 0 Å². The topological polar surface area (TPSA) is 61.4 Å². The molecule has 1 atom stereocenters. The Kier molecular flexibility index (Phi) is 14.7. The number of nitrogens with zero attached hydrogens (tertiary/aromatic N) is 3. The SMILES string of the molecule is CCNC(=NCCCCN(CC)CC)NC1CCN(Cc2cc(OC)cc(OC)c2)C1.I. The van der Waals surface area contributed by atoms with E-state index in [-0.39, 0.29) is 24.0 Å². The molecular formula is C24H44IN5O2. The number of methoxy groups -OCH3 is 2. The monoisotopic (exact) mass is 561 g/mol. The predicted octanol–water partition coefficient (Wildman–Crippen LogP) is 3.57. The minimum absolute atomic E-state index is 0. The Labute approximate surface area is 212 Å². The first kappa shape index (κ1) is 28.8. The Balaban J connectivity index is 0.00000512. The van der Waals surface area contributed by atoms with Gasteiger partial charge in [0.1, 0.15) is 11.5 Å². The van der Waals surface area contributed by atoms with Gasteiger partial charge in [0.15, 0.2) is 5.96 Å². The number of ether oxygens (including phenoxy) is 2. The molecule has 0 bridgehead atoms. The summed E-state index contributed by atoms with van der Waals surface area (Å²) in [6.45, 7) is 14.7. The molecule has 0 radical (unpaired) electrons. The minimum atomic E-state index is 0. The van der Waals surface area contributed by atoms with Crippen molar-refractivity contribution in [2.75, 3.05) is 60.0 Å². The number of hydrogen-bond donors (Lipinski definition) is 2. The van der Waals surface area contributed by atoms with Crippen LogP contribution in [0.1, 0.15) is 45.6 Å². The summed E-state index contributed by atoms with van der Waals surface area (Å²) in [6.07, 6.45) is 3.45. The van der Waals surface area contributed by atoms with E-state index in [1.54, 1.807) is 14.2 Å². The molecule has 8 heteroatoms. The zero-order valence-electron chi connectivity index (χ0n) is 20.7. The second kappa shape index (κ2) is 16.4. The molecule has 2 rings (SSSR count). The van der Waals surface area contributed by atoms with Gasteiger partial charge in [-0.3, -0.25) is 9.89 Å². The highest BCUT2D eigenvalue weighted by Crippen LogP contribution is 2.24. The molecule has 1 heterocycles. The zero-order chi connectivity index (χ0) is 22.5. The van der Waals surface area contributed by atoms with Gasteiger partial charge < -0.3 is 25.0 Å². The van der Waals surface area contributed by atoms with Crippen LogP contribution >= 0.6 is 24.0 Å². The Morgan fingerprint density at radius 3 is 2.38 bits per heavy atom. The van der Waals surface area contributed by atoms with Crippen LogP contribution in [-0.2, 0) is 6.54 Å². The number of benzene rings is 1. The van der Waals surface area contributed by atoms with Crippen LogP contribution in [0.3, 0.4) is 0 Å². The van der Waals surface area contributed by atoms with Crippen LogP contribution < -0.4 is 20.1 Å². The summed E-state index contributed by atoms with van der Waals surface area (Å²) in [5.41, 5.74) is 1.21. The smallest absolute Gasteiger partial charge is 0.191 e. The van der Waals surface area contributed by atoms with Crippen LogP contribution in [-0.4, -0.2) is 81.8 Å². The fraction of sp³-hybridized carbons (Fsp3) is 0.708. The third kappa shape index (κ3) is 10.1. The molecule has 2 N–H and O–H groups in total. The van der Waals surface area contributed by atoms with Crippen LogP contribution in [0.2, 0.25) is 0 Å². The second-order valence-corrected chi connectivity index (χ2v) is 8.08. The summed E-state index contributed by atoms with van der Waals surface area (Å²) in [6, 6.07) is 6.51. The van der Waals surface area contributed by atoms with Gasteiger partial charge in [0.2, 0.25) is 0 Å². The fourth-order valence-corrected chi connectivity index (χ4v) is 4.00. The van der Waals surface area contributed by atoms with E-state index < -0.39 is 0 Å². The van der Waals surface area contributed by atoms with Crippen molar-refractivity contribution in [1.29, 1.82) is 0 Å². The lowest BCUT2D eigenvalue weighted by molar-refractivity contribution is 0.297. The lowest BCUT2D eigenvalue weighted by Gasteiger charge is -2.20. The lowest BCUT2D eigenvalue weighted by atomic mass is 10.2. The third-order valence-electron chi connectivity index (χ3n) is 5.82. The molecule has 1 fully saturated rings. The Bertz CT molecular complexity index is 648. The van der Waals surface area contributed by atoms with Gasteiger partial charge in [0, 0.05) is 44.8 Å². The van der Waals surface area contributed by atoms with E-state index in [4.69, 9.17) is 14.5 Å². The van der Waals surface area contributed by atoms with Gasteiger partial charge in [0.25, 0.3) is 0 Å². The van der Waals surface area contributed by atoms with E-state index in [2.05, 4.69) is 53.3 Å². The predicted molar refractivity (Wildman–Crippen MR) is 145 cm³/mol. The minimum Gasteiger partial charge on any atom is -0.497 e. The number of likely N-dealkylation sites (tertiary alicyclic amines) is 1. The summed E-state index contributed by atoms with van der Waals surface area (Å²) in [5.74, 6) is 2.62. The van der Waals surface area contributed by atoms with Gasteiger partial charge in [-0.05, 0) is 63.5 Å². The van der Waals surface area contributed by atoms with Crippen LogP contribution in [0.4, 0.5) is 0 Å². The number of guanidine groups is 1. The van der Waals surface area contributed by atoms with E-state index in [0.29, 0.717) is 6.04 Å². The molecule has 1 aliphatic rings. The molecule has 0 aliphatic carbocycles. The average molecular weight is 562 g/mol. The Morgan fingerprint density at radius 2 is 1.78 bits per heavy atom. The van der Waals surface area contributed by atoms with Gasteiger partial charge in [-0.2, -0.15) is 0 Å². The van der Waals surface area contributed by atoms with Crippen molar-refractivity contribution in [1.82, 2.24) is 20.4 Å². The molecule has 1 aliphatic heterocycles. The molecule has 1 unspecified atom stereocenters.